The van der Waals surface area contributed by atoms with E-state index in [-0.39, 0.29) is 11.9 Å². The van der Waals surface area contributed by atoms with Gasteiger partial charge in [-0.05, 0) is 24.7 Å². The van der Waals surface area contributed by atoms with E-state index in [1.807, 2.05) is 14.1 Å². The van der Waals surface area contributed by atoms with Crippen LogP contribution in [0.1, 0.15) is 17.3 Å². The van der Waals surface area contributed by atoms with Gasteiger partial charge in [0.1, 0.15) is 5.82 Å². The highest BCUT2D eigenvalue weighted by atomic mass is 19.1. The zero-order valence-corrected chi connectivity index (χ0v) is 9.18. The Morgan fingerprint density at radius 3 is 2.50 bits per heavy atom. The Hall–Kier alpha value is -1.75. The van der Waals surface area contributed by atoms with Gasteiger partial charge in [0.05, 0.1) is 17.9 Å². The van der Waals surface area contributed by atoms with Gasteiger partial charge in [-0.3, -0.25) is 4.68 Å². The van der Waals surface area contributed by atoms with Crippen molar-refractivity contribution in [2.75, 3.05) is 7.05 Å². The number of hydrogen-bond acceptors (Lipinski definition) is 3. The number of nitrogens with zero attached hydrogens (tertiary/aromatic N) is 3. The first-order valence-electron chi connectivity index (χ1n) is 4.99. The Bertz CT molecular complexity index is 463. The maximum Gasteiger partial charge on any atom is 0.123 e. The molecule has 0 radical (unpaired) electrons. The topological polar surface area (TPSA) is 42.7 Å². The van der Waals surface area contributed by atoms with Gasteiger partial charge in [0.15, 0.2) is 0 Å². The largest absolute Gasteiger partial charge is 0.308 e. The maximum absolute atomic E-state index is 12.8. The monoisotopic (exact) mass is 220 g/mol. The van der Waals surface area contributed by atoms with Gasteiger partial charge in [-0.25, -0.2) is 4.39 Å². The molecule has 16 heavy (non-hydrogen) atoms. The van der Waals surface area contributed by atoms with E-state index in [1.165, 1.54) is 12.1 Å². The Balaban J connectivity index is 2.37. The maximum atomic E-state index is 12.8. The molecule has 2 aromatic rings. The summed E-state index contributed by atoms with van der Waals surface area (Å²) in [6, 6.07) is 6.38. The molecule has 1 unspecified atom stereocenters. The number of nitrogens with one attached hydrogen (secondary N) is 1. The second-order valence-corrected chi connectivity index (χ2v) is 3.56. The Morgan fingerprint density at radius 1 is 1.31 bits per heavy atom. The number of hydrogen-bond donors (Lipinski definition) is 1. The number of rotatable bonds is 3. The average molecular weight is 220 g/mol. The molecule has 0 bridgehead atoms. The zero-order chi connectivity index (χ0) is 11.5. The molecule has 1 aromatic carbocycles. The molecule has 0 aliphatic heterocycles. The van der Waals surface area contributed by atoms with Crippen molar-refractivity contribution >= 4 is 0 Å². The Labute approximate surface area is 93.1 Å². The lowest BCUT2D eigenvalue weighted by Crippen LogP contribution is -2.20. The number of aryl methyl sites for hydroxylation is 1. The van der Waals surface area contributed by atoms with Gasteiger partial charge < -0.3 is 5.32 Å². The average Bonchev–Trinajstić information content (AvgIpc) is 2.69. The fraction of sp³-hybridized carbons (Fsp3) is 0.273. The van der Waals surface area contributed by atoms with Crippen molar-refractivity contribution < 1.29 is 4.39 Å². The van der Waals surface area contributed by atoms with Gasteiger partial charge in [0, 0.05) is 7.05 Å². The molecule has 0 aliphatic carbocycles. The minimum atomic E-state index is -0.235. The molecule has 0 saturated carbocycles. The summed E-state index contributed by atoms with van der Waals surface area (Å²) in [5, 5.41) is 10.9. The molecule has 0 spiro atoms. The minimum Gasteiger partial charge on any atom is -0.308 e. The molecule has 1 heterocycles. The molecule has 4 nitrogen and oxygen atoms in total. The van der Waals surface area contributed by atoms with Crippen molar-refractivity contribution in [2.45, 2.75) is 6.04 Å². The number of halogens is 1. The molecule has 2 rings (SSSR count). The van der Waals surface area contributed by atoms with Crippen molar-refractivity contribution in [1.29, 1.82) is 0 Å². The highest BCUT2D eigenvalue weighted by Crippen LogP contribution is 2.20. The quantitative estimate of drug-likeness (QED) is 0.846. The van der Waals surface area contributed by atoms with Crippen LogP contribution in [0.2, 0.25) is 0 Å². The summed E-state index contributed by atoms with van der Waals surface area (Å²) < 4.78 is 14.5. The minimum absolute atomic E-state index is 0.0272. The standard InChI is InChI=1S/C11H13FN4/c1-13-11(10-7-14-15-16(10)2)8-3-5-9(12)6-4-8/h3-7,11,13H,1-2H3. The summed E-state index contributed by atoms with van der Waals surface area (Å²) in [4.78, 5) is 0. The summed E-state index contributed by atoms with van der Waals surface area (Å²) >= 11 is 0. The number of aromatic nitrogens is 3. The van der Waals surface area contributed by atoms with Crippen LogP contribution in [0.4, 0.5) is 4.39 Å². The van der Waals surface area contributed by atoms with E-state index in [1.54, 1.807) is 23.0 Å². The van der Waals surface area contributed by atoms with Crippen LogP contribution in [0.25, 0.3) is 0 Å². The molecule has 5 heteroatoms. The van der Waals surface area contributed by atoms with E-state index >= 15 is 0 Å². The van der Waals surface area contributed by atoms with Crippen LogP contribution in [-0.4, -0.2) is 22.0 Å². The van der Waals surface area contributed by atoms with Crippen LogP contribution >= 0.6 is 0 Å². The molecule has 1 atom stereocenters. The van der Waals surface area contributed by atoms with Crippen LogP contribution in [-0.2, 0) is 7.05 Å². The predicted octanol–water partition coefficient (Wildman–Crippen LogP) is 1.26. The second-order valence-electron chi connectivity index (χ2n) is 3.56. The lowest BCUT2D eigenvalue weighted by Gasteiger charge is -2.16. The van der Waals surface area contributed by atoms with E-state index in [0.29, 0.717) is 0 Å². The van der Waals surface area contributed by atoms with Gasteiger partial charge in [0.25, 0.3) is 0 Å². The zero-order valence-electron chi connectivity index (χ0n) is 9.18. The molecule has 1 N–H and O–H groups in total. The molecule has 84 valence electrons. The van der Waals surface area contributed by atoms with Gasteiger partial charge in [-0.15, -0.1) is 5.10 Å². The fourth-order valence-corrected chi connectivity index (χ4v) is 1.70. The van der Waals surface area contributed by atoms with Crippen LogP contribution in [0.15, 0.2) is 30.5 Å². The van der Waals surface area contributed by atoms with Crippen molar-refractivity contribution in [3.8, 4) is 0 Å². The van der Waals surface area contributed by atoms with E-state index in [2.05, 4.69) is 15.6 Å². The highest BCUT2D eigenvalue weighted by molar-refractivity contribution is 5.26. The summed E-state index contributed by atoms with van der Waals surface area (Å²) in [5.41, 5.74) is 1.92. The molecule has 0 saturated heterocycles. The lowest BCUT2D eigenvalue weighted by molar-refractivity contribution is 0.593. The highest BCUT2D eigenvalue weighted by Gasteiger charge is 2.15. The Kier molecular flexibility index (Phi) is 2.96. The molecule has 0 amide bonds. The molecule has 0 fully saturated rings. The third-order valence-electron chi connectivity index (χ3n) is 2.54. The SMILES string of the molecule is CNC(c1ccc(F)cc1)c1cnnn1C. The van der Waals surface area contributed by atoms with Gasteiger partial charge in [-0.1, -0.05) is 17.3 Å². The third-order valence-corrected chi connectivity index (χ3v) is 2.54. The van der Waals surface area contributed by atoms with Crippen LogP contribution in [0.3, 0.4) is 0 Å². The van der Waals surface area contributed by atoms with Crippen molar-refractivity contribution in [3.63, 3.8) is 0 Å². The van der Waals surface area contributed by atoms with E-state index in [4.69, 9.17) is 0 Å². The molecular weight excluding hydrogens is 207 g/mol. The first-order chi connectivity index (χ1) is 7.72. The van der Waals surface area contributed by atoms with Crippen molar-refractivity contribution in [1.82, 2.24) is 20.3 Å². The summed E-state index contributed by atoms with van der Waals surface area (Å²) in [7, 11) is 3.68. The normalized spacial score (nSPS) is 12.7. The molecule has 1 aromatic heterocycles. The number of benzene rings is 1. The first kappa shape index (κ1) is 10.8. The van der Waals surface area contributed by atoms with Crippen LogP contribution in [0.5, 0.6) is 0 Å². The summed E-state index contributed by atoms with van der Waals surface area (Å²) in [6.07, 6.45) is 1.70. The predicted molar refractivity (Wildman–Crippen MR) is 58.3 cm³/mol. The van der Waals surface area contributed by atoms with Crippen molar-refractivity contribution in [2.24, 2.45) is 7.05 Å². The third kappa shape index (κ3) is 1.94. The van der Waals surface area contributed by atoms with E-state index in [9.17, 15) is 4.39 Å². The first-order valence-corrected chi connectivity index (χ1v) is 4.99. The van der Waals surface area contributed by atoms with Crippen LogP contribution in [0, 0.1) is 5.82 Å². The second kappa shape index (κ2) is 4.40. The summed E-state index contributed by atoms with van der Waals surface area (Å²) in [6.45, 7) is 0. The van der Waals surface area contributed by atoms with Gasteiger partial charge in [-0.2, -0.15) is 0 Å². The smallest absolute Gasteiger partial charge is 0.123 e. The van der Waals surface area contributed by atoms with Crippen molar-refractivity contribution in [3.05, 3.63) is 47.5 Å². The molecule has 0 aliphatic rings. The van der Waals surface area contributed by atoms with E-state index < -0.39 is 0 Å². The van der Waals surface area contributed by atoms with E-state index in [0.717, 1.165) is 11.3 Å². The summed E-state index contributed by atoms with van der Waals surface area (Å²) in [5.74, 6) is -0.235. The van der Waals surface area contributed by atoms with Gasteiger partial charge >= 0.3 is 0 Å². The molecular formula is C11H13FN4. The lowest BCUT2D eigenvalue weighted by atomic mass is 10.0. The fourth-order valence-electron chi connectivity index (χ4n) is 1.70. The Morgan fingerprint density at radius 2 is 2.00 bits per heavy atom. The van der Waals surface area contributed by atoms with Gasteiger partial charge in [0.2, 0.25) is 0 Å². The van der Waals surface area contributed by atoms with Crippen LogP contribution < -0.4 is 5.32 Å².